The van der Waals surface area contributed by atoms with Gasteiger partial charge in [-0.15, -0.1) is 0 Å². The molecule has 4 N–H and O–H groups in total. The number of aliphatic hydroxyl groups excluding tert-OH is 2. The fraction of sp³-hybridized carbons (Fsp3) is 0.500. The van der Waals surface area contributed by atoms with Gasteiger partial charge in [0.1, 0.15) is 24.1 Å². The Morgan fingerprint density at radius 1 is 1.28 bits per heavy atom. The van der Waals surface area contributed by atoms with E-state index in [9.17, 15) is 10.2 Å². The Hall–Kier alpha value is -1.77. The summed E-state index contributed by atoms with van der Waals surface area (Å²) >= 11 is 0. The van der Waals surface area contributed by atoms with Gasteiger partial charge in [0.15, 0.2) is 17.7 Å². The SMILES string of the molecule is C[C@H]1O[C@H](n2cnc3c(N)ncnc32)[C@H](O)[C@H]1O. The molecule has 0 aromatic carbocycles. The van der Waals surface area contributed by atoms with Crippen LogP contribution in [0.25, 0.3) is 11.2 Å². The molecule has 1 aliphatic rings. The van der Waals surface area contributed by atoms with Crippen molar-refractivity contribution in [2.75, 3.05) is 5.73 Å². The summed E-state index contributed by atoms with van der Waals surface area (Å²) in [6.45, 7) is 1.69. The van der Waals surface area contributed by atoms with Crippen molar-refractivity contribution in [2.24, 2.45) is 0 Å². The van der Waals surface area contributed by atoms with Crippen molar-refractivity contribution < 1.29 is 14.9 Å². The van der Waals surface area contributed by atoms with E-state index in [-0.39, 0.29) is 5.82 Å². The largest absolute Gasteiger partial charge is 0.388 e. The van der Waals surface area contributed by atoms with Crippen LogP contribution in [-0.4, -0.2) is 48.0 Å². The van der Waals surface area contributed by atoms with Crippen molar-refractivity contribution in [3.8, 4) is 0 Å². The van der Waals surface area contributed by atoms with Crippen LogP contribution in [0.5, 0.6) is 0 Å². The normalized spacial score (nSPS) is 32.2. The number of nitrogens with two attached hydrogens (primary N) is 1. The third-order valence-corrected chi connectivity index (χ3v) is 3.14. The van der Waals surface area contributed by atoms with Crippen molar-refractivity contribution in [3.05, 3.63) is 12.7 Å². The van der Waals surface area contributed by atoms with E-state index in [0.717, 1.165) is 0 Å². The molecule has 0 unspecified atom stereocenters. The summed E-state index contributed by atoms with van der Waals surface area (Å²) in [6.07, 6.45) is -0.373. The highest BCUT2D eigenvalue weighted by Gasteiger charge is 2.41. The van der Waals surface area contributed by atoms with Crippen LogP contribution in [0, 0.1) is 0 Å². The van der Waals surface area contributed by atoms with Gasteiger partial charge < -0.3 is 20.7 Å². The van der Waals surface area contributed by atoms with E-state index in [4.69, 9.17) is 10.5 Å². The Balaban J connectivity index is 2.08. The first-order valence-corrected chi connectivity index (χ1v) is 5.54. The lowest BCUT2D eigenvalue weighted by atomic mass is 10.1. The Morgan fingerprint density at radius 3 is 2.72 bits per heavy atom. The summed E-state index contributed by atoms with van der Waals surface area (Å²) in [5, 5.41) is 19.6. The first-order chi connectivity index (χ1) is 8.59. The maximum absolute atomic E-state index is 9.93. The van der Waals surface area contributed by atoms with Crippen molar-refractivity contribution in [2.45, 2.75) is 31.5 Å². The van der Waals surface area contributed by atoms with Gasteiger partial charge in [0.05, 0.1) is 12.4 Å². The number of hydrogen-bond acceptors (Lipinski definition) is 7. The highest BCUT2D eigenvalue weighted by molar-refractivity contribution is 5.81. The van der Waals surface area contributed by atoms with E-state index in [1.807, 2.05) is 0 Å². The number of aliphatic hydroxyl groups is 2. The number of imidazole rings is 1. The molecule has 0 bridgehead atoms. The van der Waals surface area contributed by atoms with Gasteiger partial charge >= 0.3 is 0 Å². The van der Waals surface area contributed by atoms with Crippen LogP contribution < -0.4 is 5.73 Å². The molecule has 96 valence electrons. The van der Waals surface area contributed by atoms with Gasteiger partial charge in [-0.2, -0.15) is 0 Å². The molecule has 4 atom stereocenters. The number of anilines is 1. The molecule has 2 aromatic heterocycles. The number of aromatic nitrogens is 4. The van der Waals surface area contributed by atoms with Crippen LogP contribution in [0.3, 0.4) is 0 Å². The molecule has 0 amide bonds. The number of nitrogen functional groups attached to an aromatic ring is 1. The Morgan fingerprint density at radius 2 is 2.06 bits per heavy atom. The molecule has 0 radical (unpaired) electrons. The molecule has 1 aliphatic heterocycles. The Kier molecular flexibility index (Phi) is 2.44. The maximum atomic E-state index is 9.93. The number of rotatable bonds is 1. The third kappa shape index (κ3) is 1.47. The van der Waals surface area contributed by atoms with Gasteiger partial charge in [0.25, 0.3) is 0 Å². The molecule has 8 heteroatoms. The second kappa shape index (κ2) is 3.87. The van der Waals surface area contributed by atoms with Crippen LogP contribution in [0.1, 0.15) is 13.2 Å². The molecule has 1 fully saturated rings. The lowest BCUT2D eigenvalue weighted by Gasteiger charge is -2.16. The molecule has 18 heavy (non-hydrogen) atoms. The van der Waals surface area contributed by atoms with Crippen LogP contribution in [0.4, 0.5) is 5.82 Å². The number of nitrogens with zero attached hydrogens (tertiary/aromatic N) is 4. The van der Waals surface area contributed by atoms with E-state index in [2.05, 4.69) is 15.0 Å². The minimum atomic E-state index is -1.03. The summed E-state index contributed by atoms with van der Waals surface area (Å²) in [6, 6.07) is 0. The number of ether oxygens (including phenoxy) is 1. The fourth-order valence-corrected chi connectivity index (χ4v) is 2.11. The fourth-order valence-electron chi connectivity index (χ4n) is 2.11. The molecule has 3 rings (SSSR count). The van der Waals surface area contributed by atoms with Crippen LogP contribution in [0.15, 0.2) is 12.7 Å². The number of fused-ring (bicyclic) bond motifs is 1. The Labute approximate surface area is 102 Å². The molecular formula is C10H13N5O3. The average molecular weight is 251 g/mol. The van der Waals surface area contributed by atoms with E-state index < -0.39 is 24.5 Å². The van der Waals surface area contributed by atoms with Crippen molar-refractivity contribution in [1.82, 2.24) is 19.5 Å². The minimum absolute atomic E-state index is 0.264. The van der Waals surface area contributed by atoms with Gasteiger partial charge in [0.2, 0.25) is 0 Å². The third-order valence-electron chi connectivity index (χ3n) is 3.14. The highest BCUT2D eigenvalue weighted by atomic mass is 16.6. The van der Waals surface area contributed by atoms with Gasteiger partial charge in [-0.05, 0) is 6.92 Å². The lowest BCUT2D eigenvalue weighted by molar-refractivity contribution is -0.0299. The predicted octanol–water partition coefficient (Wildman–Crippen LogP) is -0.952. The summed E-state index contributed by atoms with van der Waals surface area (Å²) in [5.74, 6) is 0.264. The summed E-state index contributed by atoms with van der Waals surface area (Å²) in [4.78, 5) is 12.0. The zero-order chi connectivity index (χ0) is 12.9. The van der Waals surface area contributed by atoms with E-state index in [1.54, 1.807) is 11.5 Å². The molecule has 2 aromatic rings. The van der Waals surface area contributed by atoms with E-state index >= 15 is 0 Å². The first-order valence-electron chi connectivity index (χ1n) is 5.54. The first kappa shape index (κ1) is 11.3. The molecular weight excluding hydrogens is 238 g/mol. The molecule has 1 saturated heterocycles. The second-order valence-corrected chi connectivity index (χ2v) is 4.30. The molecule has 0 saturated carbocycles. The van der Waals surface area contributed by atoms with Crippen molar-refractivity contribution >= 4 is 17.0 Å². The number of hydrogen-bond donors (Lipinski definition) is 3. The van der Waals surface area contributed by atoms with Crippen LogP contribution in [-0.2, 0) is 4.74 Å². The van der Waals surface area contributed by atoms with E-state index in [0.29, 0.717) is 11.2 Å². The lowest BCUT2D eigenvalue weighted by Crippen LogP contribution is -2.30. The quantitative estimate of drug-likeness (QED) is 0.597. The summed E-state index contributed by atoms with van der Waals surface area (Å²) < 4.78 is 7.05. The molecule has 0 aliphatic carbocycles. The minimum Gasteiger partial charge on any atom is -0.388 e. The average Bonchev–Trinajstić information content (AvgIpc) is 2.88. The van der Waals surface area contributed by atoms with Crippen molar-refractivity contribution in [3.63, 3.8) is 0 Å². The van der Waals surface area contributed by atoms with Gasteiger partial charge in [-0.25, -0.2) is 15.0 Å². The van der Waals surface area contributed by atoms with Gasteiger partial charge in [-0.1, -0.05) is 0 Å². The summed E-state index contributed by atoms with van der Waals surface area (Å²) in [5.41, 5.74) is 6.59. The molecule has 0 spiro atoms. The molecule has 8 nitrogen and oxygen atoms in total. The maximum Gasteiger partial charge on any atom is 0.167 e. The smallest absolute Gasteiger partial charge is 0.167 e. The monoisotopic (exact) mass is 251 g/mol. The second-order valence-electron chi connectivity index (χ2n) is 4.30. The zero-order valence-electron chi connectivity index (χ0n) is 9.63. The topological polar surface area (TPSA) is 119 Å². The highest BCUT2D eigenvalue weighted by Crippen LogP contribution is 2.31. The predicted molar refractivity (Wildman–Crippen MR) is 61.3 cm³/mol. The summed E-state index contributed by atoms with van der Waals surface area (Å²) in [7, 11) is 0. The van der Waals surface area contributed by atoms with E-state index in [1.165, 1.54) is 12.7 Å². The van der Waals surface area contributed by atoms with Crippen LogP contribution >= 0.6 is 0 Å². The van der Waals surface area contributed by atoms with Gasteiger partial charge in [0, 0.05) is 0 Å². The van der Waals surface area contributed by atoms with Gasteiger partial charge in [-0.3, -0.25) is 4.57 Å². The van der Waals surface area contributed by atoms with Crippen molar-refractivity contribution in [1.29, 1.82) is 0 Å². The molecule has 3 heterocycles. The van der Waals surface area contributed by atoms with Crippen LogP contribution in [0.2, 0.25) is 0 Å². The standard InChI is InChI=1S/C10H13N5O3/c1-4-6(16)7(17)10(18-4)15-3-14-5-8(11)12-2-13-9(5)15/h2-4,6-7,10,16-17H,1H3,(H2,11,12,13)/t4-,6+,7-,10+/m1/s1. The Bertz CT molecular complexity index is 586. The zero-order valence-corrected chi connectivity index (χ0v) is 9.63.